The average molecular weight is 262 g/mol. The van der Waals surface area contributed by atoms with Crippen molar-refractivity contribution in [3.05, 3.63) is 18.2 Å². The first-order valence-electron chi connectivity index (χ1n) is 7.99. The van der Waals surface area contributed by atoms with Gasteiger partial charge in [-0.2, -0.15) is 0 Å². The van der Waals surface area contributed by atoms with E-state index in [9.17, 15) is 0 Å². The van der Waals surface area contributed by atoms with Crippen LogP contribution in [0.2, 0.25) is 0 Å². The van der Waals surface area contributed by atoms with Gasteiger partial charge in [0.1, 0.15) is 5.82 Å². The fourth-order valence-electron chi connectivity index (χ4n) is 3.88. The van der Waals surface area contributed by atoms with Crippen molar-refractivity contribution < 1.29 is 4.74 Å². The Morgan fingerprint density at radius 1 is 1.37 bits per heavy atom. The molecule has 19 heavy (non-hydrogen) atoms. The molecule has 2 fully saturated rings. The molecule has 106 valence electrons. The van der Waals surface area contributed by atoms with Crippen LogP contribution in [-0.4, -0.2) is 21.8 Å². The number of ether oxygens (including phenoxy) is 1. The van der Waals surface area contributed by atoms with Crippen molar-refractivity contribution in [2.75, 3.05) is 6.61 Å². The fourth-order valence-corrected chi connectivity index (χ4v) is 3.88. The molecule has 3 heteroatoms. The quantitative estimate of drug-likeness (QED) is 0.826. The van der Waals surface area contributed by atoms with Crippen molar-refractivity contribution in [1.29, 1.82) is 0 Å². The second kappa shape index (κ2) is 5.66. The fraction of sp³-hybridized carbons (Fsp3) is 0.812. The van der Waals surface area contributed by atoms with E-state index in [0.29, 0.717) is 6.04 Å². The zero-order valence-corrected chi connectivity index (χ0v) is 12.1. The van der Waals surface area contributed by atoms with Gasteiger partial charge in [-0.1, -0.05) is 26.2 Å². The zero-order chi connectivity index (χ0) is 13.1. The van der Waals surface area contributed by atoms with E-state index < -0.39 is 0 Å². The van der Waals surface area contributed by atoms with E-state index in [2.05, 4.69) is 22.7 Å². The van der Waals surface area contributed by atoms with Crippen molar-refractivity contribution >= 4 is 0 Å². The Morgan fingerprint density at radius 3 is 3.00 bits per heavy atom. The minimum absolute atomic E-state index is 0.189. The molecular formula is C16H26N2O. The molecule has 1 aliphatic carbocycles. The SMILES string of the molecule is CCCc1nccn1C1CCOC2(CCCCC2)C1. The largest absolute Gasteiger partial charge is 0.375 e. The van der Waals surface area contributed by atoms with Gasteiger partial charge in [0.15, 0.2) is 0 Å². The summed E-state index contributed by atoms with van der Waals surface area (Å²) in [5.74, 6) is 1.26. The summed E-state index contributed by atoms with van der Waals surface area (Å²) in [6.45, 7) is 3.15. The highest BCUT2D eigenvalue weighted by Gasteiger charge is 2.39. The van der Waals surface area contributed by atoms with Crippen molar-refractivity contribution in [3.8, 4) is 0 Å². The van der Waals surface area contributed by atoms with Gasteiger partial charge in [0, 0.05) is 31.5 Å². The second-order valence-electron chi connectivity index (χ2n) is 6.24. The molecule has 1 unspecified atom stereocenters. The first-order valence-corrected chi connectivity index (χ1v) is 7.99. The first-order chi connectivity index (χ1) is 9.33. The molecule has 3 nitrogen and oxygen atoms in total. The molecule has 0 amide bonds. The lowest BCUT2D eigenvalue weighted by Crippen LogP contribution is -2.42. The number of hydrogen-bond donors (Lipinski definition) is 0. The Balaban J connectivity index is 1.75. The summed E-state index contributed by atoms with van der Waals surface area (Å²) in [7, 11) is 0. The van der Waals surface area contributed by atoms with Crippen LogP contribution >= 0.6 is 0 Å². The Morgan fingerprint density at radius 2 is 2.21 bits per heavy atom. The predicted octanol–water partition coefficient (Wildman–Crippen LogP) is 3.89. The van der Waals surface area contributed by atoms with Crippen LogP contribution in [0.1, 0.15) is 70.2 Å². The van der Waals surface area contributed by atoms with E-state index in [1.54, 1.807) is 0 Å². The third-order valence-corrected chi connectivity index (χ3v) is 4.85. The van der Waals surface area contributed by atoms with Gasteiger partial charge in [-0.15, -0.1) is 0 Å². The minimum atomic E-state index is 0.189. The normalized spacial score (nSPS) is 26.7. The van der Waals surface area contributed by atoms with Crippen LogP contribution < -0.4 is 0 Å². The van der Waals surface area contributed by atoms with Gasteiger partial charge in [0.2, 0.25) is 0 Å². The Labute approximate surface area is 116 Å². The van der Waals surface area contributed by atoms with E-state index in [0.717, 1.165) is 19.4 Å². The molecule has 1 aromatic rings. The molecule has 1 saturated carbocycles. The van der Waals surface area contributed by atoms with Crippen LogP contribution in [0.25, 0.3) is 0 Å². The molecule has 0 aromatic carbocycles. The van der Waals surface area contributed by atoms with Gasteiger partial charge in [-0.3, -0.25) is 0 Å². The van der Waals surface area contributed by atoms with E-state index >= 15 is 0 Å². The summed E-state index contributed by atoms with van der Waals surface area (Å²) >= 11 is 0. The number of nitrogens with zero attached hydrogens (tertiary/aromatic N) is 2. The Kier molecular flexibility index (Phi) is 3.92. The smallest absolute Gasteiger partial charge is 0.108 e. The average Bonchev–Trinajstić information content (AvgIpc) is 2.88. The third kappa shape index (κ3) is 2.71. The van der Waals surface area contributed by atoms with Gasteiger partial charge in [0.05, 0.1) is 5.60 Å². The van der Waals surface area contributed by atoms with E-state index in [4.69, 9.17) is 4.74 Å². The summed E-state index contributed by atoms with van der Waals surface area (Å²) in [6, 6.07) is 0.607. The number of imidazole rings is 1. The maximum absolute atomic E-state index is 6.20. The van der Waals surface area contributed by atoms with Gasteiger partial charge in [0.25, 0.3) is 0 Å². The highest BCUT2D eigenvalue weighted by molar-refractivity contribution is 4.99. The summed E-state index contributed by atoms with van der Waals surface area (Å²) in [6.07, 6.45) is 15.4. The van der Waals surface area contributed by atoms with Gasteiger partial charge in [-0.25, -0.2) is 4.98 Å². The van der Waals surface area contributed by atoms with Crippen molar-refractivity contribution in [3.63, 3.8) is 0 Å². The zero-order valence-electron chi connectivity index (χ0n) is 12.1. The van der Waals surface area contributed by atoms with Gasteiger partial charge >= 0.3 is 0 Å². The summed E-state index contributed by atoms with van der Waals surface area (Å²) in [4.78, 5) is 4.54. The van der Waals surface area contributed by atoms with Crippen molar-refractivity contribution in [1.82, 2.24) is 9.55 Å². The van der Waals surface area contributed by atoms with Crippen LogP contribution in [0.4, 0.5) is 0 Å². The van der Waals surface area contributed by atoms with E-state index in [1.165, 1.54) is 50.8 Å². The lowest BCUT2D eigenvalue weighted by Gasteiger charge is -2.44. The topological polar surface area (TPSA) is 27.1 Å². The van der Waals surface area contributed by atoms with Gasteiger partial charge in [-0.05, 0) is 32.1 Å². The predicted molar refractivity (Wildman–Crippen MR) is 76.3 cm³/mol. The first kappa shape index (κ1) is 13.2. The van der Waals surface area contributed by atoms with Gasteiger partial charge < -0.3 is 9.30 Å². The minimum Gasteiger partial charge on any atom is -0.375 e. The number of aromatic nitrogens is 2. The molecule has 1 saturated heterocycles. The summed E-state index contributed by atoms with van der Waals surface area (Å²) in [5.41, 5.74) is 0.189. The van der Waals surface area contributed by atoms with Crippen molar-refractivity contribution in [2.24, 2.45) is 0 Å². The molecule has 3 rings (SSSR count). The molecular weight excluding hydrogens is 236 g/mol. The third-order valence-electron chi connectivity index (χ3n) is 4.85. The van der Waals surface area contributed by atoms with Crippen LogP contribution in [0.15, 0.2) is 12.4 Å². The van der Waals surface area contributed by atoms with Crippen LogP contribution in [0, 0.1) is 0 Å². The summed E-state index contributed by atoms with van der Waals surface area (Å²) < 4.78 is 8.63. The van der Waals surface area contributed by atoms with Crippen LogP contribution in [-0.2, 0) is 11.2 Å². The molecule has 1 atom stereocenters. The maximum Gasteiger partial charge on any atom is 0.108 e. The lowest BCUT2D eigenvalue weighted by atomic mass is 9.78. The summed E-state index contributed by atoms with van der Waals surface area (Å²) in [5, 5.41) is 0. The molecule has 0 radical (unpaired) electrons. The van der Waals surface area contributed by atoms with Crippen LogP contribution in [0.5, 0.6) is 0 Å². The molecule has 2 aliphatic rings. The molecule has 2 heterocycles. The Bertz CT molecular complexity index is 401. The molecule has 1 aromatic heterocycles. The Hall–Kier alpha value is -0.830. The standard InChI is InChI=1S/C16H26N2O/c1-2-6-15-17-10-11-18(15)14-7-12-19-16(13-14)8-4-3-5-9-16/h10-11,14H,2-9,12-13H2,1H3. The monoisotopic (exact) mass is 262 g/mol. The van der Waals surface area contributed by atoms with E-state index in [1.807, 2.05) is 6.20 Å². The highest BCUT2D eigenvalue weighted by atomic mass is 16.5. The lowest BCUT2D eigenvalue weighted by molar-refractivity contribution is -0.114. The van der Waals surface area contributed by atoms with E-state index in [-0.39, 0.29) is 5.60 Å². The molecule has 0 N–H and O–H groups in total. The highest BCUT2D eigenvalue weighted by Crippen LogP contribution is 2.42. The maximum atomic E-state index is 6.20. The number of rotatable bonds is 3. The second-order valence-corrected chi connectivity index (χ2v) is 6.24. The number of hydrogen-bond acceptors (Lipinski definition) is 2. The molecule has 1 spiro atoms. The molecule has 1 aliphatic heterocycles. The van der Waals surface area contributed by atoms with Crippen molar-refractivity contribution in [2.45, 2.75) is 76.4 Å². The molecule has 0 bridgehead atoms. The number of aryl methyl sites for hydroxylation is 1. The van der Waals surface area contributed by atoms with Crippen LogP contribution in [0.3, 0.4) is 0 Å².